The van der Waals surface area contributed by atoms with Crippen LogP contribution in [0.3, 0.4) is 0 Å². The van der Waals surface area contributed by atoms with Crippen molar-refractivity contribution in [3.05, 3.63) is 90.0 Å². The summed E-state index contributed by atoms with van der Waals surface area (Å²) in [4.78, 5) is 31.2. The molecule has 7 nitrogen and oxygen atoms in total. The van der Waals surface area contributed by atoms with Crippen molar-refractivity contribution in [2.75, 3.05) is 11.9 Å². The second kappa shape index (κ2) is 9.08. The minimum atomic E-state index is -0.214. The third-order valence-electron chi connectivity index (χ3n) is 5.71. The molecule has 1 aliphatic rings. The molecule has 0 bridgehead atoms. The number of likely N-dealkylation sites (tertiary alicyclic amines) is 1. The molecule has 0 saturated carbocycles. The topological polar surface area (TPSA) is 91.0 Å². The van der Waals surface area contributed by atoms with Gasteiger partial charge in [-0.05, 0) is 36.2 Å². The smallest absolute Gasteiger partial charge is 0.255 e. The lowest BCUT2D eigenvalue weighted by atomic mass is 10.1. The molecule has 2 heterocycles. The average Bonchev–Trinajstić information content (AvgIpc) is 3.50. The summed E-state index contributed by atoms with van der Waals surface area (Å²) in [7, 11) is 0. The molecule has 3 aromatic carbocycles. The lowest BCUT2D eigenvalue weighted by Crippen LogP contribution is -2.23. The maximum atomic E-state index is 12.9. The van der Waals surface area contributed by atoms with Gasteiger partial charge in [-0.15, -0.1) is 0 Å². The quantitative estimate of drug-likeness (QED) is 0.464. The first kappa shape index (κ1) is 20.6. The second-order valence-electron chi connectivity index (χ2n) is 7.99. The minimum Gasteiger partial charge on any atom is -0.338 e. The Labute approximate surface area is 191 Å². The van der Waals surface area contributed by atoms with Crippen LogP contribution in [-0.4, -0.2) is 38.4 Å². The van der Waals surface area contributed by atoms with Gasteiger partial charge in [-0.2, -0.15) is 5.10 Å². The number of hydrogen-bond donors (Lipinski definition) is 2. The zero-order chi connectivity index (χ0) is 22.6. The molecule has 0 aliphatic carbocycles. The van der Waals surface area contributed by atoms with E-state index in [2.05, 4.69) is 20.5 Å². The Balaban J connectivity index is 1.32. The number of benzene rings is 3. The average molecular weight is 438 g/mol. The lowest BCUT2D eigenvalue weighted by molar-refractivity contribution is -0.128. The highest BCUT2D eigenvalue weighted by molar-refractivity contribution is 6.06. The Hall–Kier alpha value is -4.26. The van der Waals surface area contributed by atoms with E-state index < -0.39 is 0 Å². The standard InChI is InChI=1S/C26H23N5O2/c32-23-11-6-16-31(23)17-18-12-14-20(15-13-18)26(33)27-22-10-5-4-9-21(22)25-28-24(29-30-25)19-7-2-1-3-8-19/h1-5,7-10,12-15H,6,11,16-17H2,(H,27,33)(H,28,29,30). The van der Waals surface area contributed by atoms with E-state index in [9.17, 15) is 9.59 Å². The van der Waals surface area contributed by atoms with E-state index in [1.165, 1.54) is 0 Å². The van der Waals surface area contributed by atoms with Crippen LogP contribution < -0.4 is 5.32 Å². The van der Waals surface area contributed by atoms with Crippen molar-refractivity contribution in [1.29, 1.82) is 0 Å². The summed E-state index contributed by atoms with van der Waals surface area (Å²) >= 11 is 0. The van der Waals surface area contributed by atoms with Gasteiger partial charge in [0.25, 0.3) is 5.91 Å². The molecule has 0 spiro atoms. The number of amides is 2. The van der Waals surface area contributed by atoms with Gasteiger partial charge in [0, 0.05) is 36.2 Å². The van der Waals surface area contributed by atoms with Crippen LogP contribution in [0, 0.1) is 0 Å². The molecule has 164 valence electrons. The van der Waals surface area contributed by atoms with Crippen LogP contribution in [0.1, 0.15) is 28.8 Å². The summed E-state index contributed by atoms with van der Waals surface area (Å²) in [5.41, 5.74) is 3.87. The van der Waals surface area contributed by atoms with Crippen LogP contribution in [0.2, 0.25) is 0 Å². The number of para-hydroxylation sites is 1. The maximum Gasteiger partial charge on any atom is 0.255 e. The van der Waals surface area contributed by atoms with E-state index >= 15 is 0 Å². The van der Waals surface area contributed by atoms with E-state index in [-0.39, 0.29) is 11.8 Å². The number of nitrogens with one attached hydrogen (secondary N) is 2. The van der Waals surface area contributed by atoms with Gasteiger partial charge in [-0.1, -0.05) is 54.6 Å². The van der Waals surface area contributed by atoms with Gasteiger partial charge in [-0.3, -0.25) is 14.7 Å². The zero-order valence-corrected chi connectivity index (χ0v) is 18.0. The molecule has 1 saturated heterocycles. The Morgan fingerprint density at radius 2 is 1.73 bits per heavy atom. The van der Waals surface area contributed by atoms with Crippen molar-refractivity contribution in [3.63, 3.8) is 0 Å². The molecule has 1 aliphatic heterocycles. The highest BCUT2D eigenvalue weighted by Crippen LogP contribution is 2.27. The van der Waals surface area contributed by atoms with Crippen LogP contribution in [0.5, 0.6) is 0 Å². The molecule has 4 aromatic rings. The summed E-state index contributed by atoms with van der Waals surface area (Å²) in [6, 6.07) is 24.6. The number of aromatic amines is 1. The van der Waals surface area contributed by atoms with Crippen molar-refractivity contribution in [2.45, 2.75) is 19.4 Å². The number of rotatable bonds is 6. The van der Waals surface area contributed by atoms with Crippen molar-refractivity contribution in [3.8, 4) is 22.8 Å². The summed E-state index contributed by atoms with van der Waals surface area (Å²) in [6.45, 7) is 1.38. The van der Waals surface area contributed by atoms with Crippen LogP contribution in [-0.2, 0) is 11.3 Å². The Bertz CT molecular complexity index is 1280. The minimum absolute atomic E-state index is 0.191. The Morgan fingerprint density at radius 3 is 2.48 bits per heavy atom. The van der Waals surface area contributed by atoms with Crippen molar-refractivity contribution < 1.29 is 9.59 Å². The zero-order valence-electron chi connectivity index (χ0n) is 18.0. The number of anilines is 1. The number of H-pyrrole nitrogens is 1. The fraction of sp³-hybridized carbons (Fsp3) is 0.154. The maximum absolute atomic E-state index is 12.9. The number of carbonyl (C=O) groups excluding carboxylic acids is 2. The van der Waals surface area contributed by atoms with Gasteiger partial charge < -0.3 is 10.2 Å². The lowest BCUT2D eigenvalue weighted by Gasteiger charge is -2.15. The molecular weight excluding hydrogens is 414 g/mol. The molecule has 2 N–H and O–H groups in total. The Morgan fingerprint density at radius 1 is 0.970 bits per heavy atom. The highest BCUT2D eigenvalue weighted by Gasteiger charge is 2.20. The van der Waals surface area contributed by atoms with Gasteiger partial charge in [0.15, 0.2) is 11.6 Å². The first-order chi connectivity index (χ1) is 16.2. The molecular formula is C26H23N5O2. The molecule has 0 unspecified atom stereocenters. The molecule has 5 rings (SSSR count). The fourth-order valence-electron chi connectivity index (χ4n) is 3.94. The van der Waals surface area contributed by atoms with E-state index in [0.29, 0.717) is 35.9 Å². The first-order valence-corrected chi connectivity index (χ1v) is 10.9. The van der Waals surface area contributed by atoms with E-state index in [0.717, 1.165) is 29.7 Å². The molecule has 7 heteroatoms. The van der Waals surface area contributed by atoms with Gasteiger partial charge in [0.05, 0.1) is 5.69 Å². The number of nitrogens with zero attached hydrogens (tertiary/aromatic N) is 3. The SMILES string of the molecule is O=C(Nc1ccccc1-c1nc(-c2ccccc2)n[nH]1)c1ccc(CN2CCCC2=O)cc1. The van der Waals surface area contributed by atoms with Crippen LogP contribution in [0.4, 0.5) is 5.69 Å². The Kier molecular flexibility index (Phi) is 5.68. The number of aromatic nitrogens is 3. The molecule has 33 heavy (non-hydrogen) atoms. The number of hydrogen-bond acceptors (Lipinski definition) is 4. The highest BCUT2D eigenvalue weighted by atomic mass is 16.2. The predicted octanol–water partition coefficient (Wildman–Crippen LogP) is 4.51. The normalized spacial score (nSPS) is 13.3. The van der Waals surface area contributed by atoms with E-state index in [4.69, 9.17) is 0 Å². The van der Waals surface area contributed by atoms with E-state index in [1.807, 2.05) is 71.6 Å². The molecule has 2 amide bonds. The van der Waals surface area contributed by atoms with Crippen molar-refractivity contribution >= 4 is 17.5 Å². The fourth-order valence-corrected chi connectivity index (χ4v) is 3.94. The largest absolute Gasteiger partial charge is 0.338 e. The van der Waals surface area contributed by atoms with Crippen molar-refractivity contribution in [2.24, 2.45) is 0 Å². The van der Waals surface area contributed by atoms with Crippen LogP contribution >= 0.6 is 0 Å². The molecule has 1 aromatic heterocycles. The summed E-state index contributed by atoms with van der Waals surface area (Å²) < 4.78 is 0. The van der Waals surface area contributed by atoms with Gasteiger partial charge in [0.2, 0.25) is 5.91 Å². The molecule has 0 atom stereocenters. The summed E-state index contributed by atoms with van der Waals surface area (Å²) in [5.74, 6) is 1.15. The van der Waals surface area contributed by atoms with Crippen LogP contribution in [0.15, 0.2) is 78.9 Å². The van der Waals surface area contributed by atoms with Crippen molar-refractivity contribution in [1.82, 2.24) is 20.1 Å². The van der Waals surface area contributed by atoms with Crippen LogP contribution in [0.25, 0.3) is 22.8 Å². The van der Waals surface area contributed by atoms with Gasteiger partial charge in [0.1, 0.15) is 0 Å². The summed E-state index contributed by atoms with van der Waals surface area (Å²) in [6.07, 6.45) is 1.54. The third kappa shape index (κ3) is 4.52. The third-order valence-corrected chi connectivity index (χ3v) is 5.71. The molecule has 1 fully saturated rings. The monoisotopic (exact) mass is 437 g/mol. The second-order valence-corrected chi connectivity index (χ2v) is 7.99. The number of carbonyl (C=O) groups is 2. The predicted molar refractivity (Wildman–Crippen MR) is 126 cm³/mol. The van der Waals surface area contributed by atoms with E-state index in [1.54, 1.807) is 12.1 Å². The molecule has 0 radical (unpaired) electrons. The van der Waals surface area contributed by atoms with Gasteiger partial charge >= 0.3 is 0 Å². The van der Waals surface area contributed by atoms with Gasteiger partial charge in [-0.25, -0.2) is 4.98 Å². The first-order valence-electron chi connectivity index (χ1n) is 10.9. The summed E-state index contributed by atoms with van der Waals surface area (Å²) in [5, 5.41) is 10.3.